The molecule has 1 aromatic carbocycles. The summed E-state index contributed by atoms with van der Waals surface area (Å²) in [5.41, 5.74) is 3.79. The Morgan fingerprint density at radius 1 is 1.27 bits per heavy atom. The highest BCUT2D eigenvalue weighted by molar-refractivity contribution is 5.59. The minimum atomic E-state index is -0.121. The van der Waals surface area contributed by atoms with Crippen LogP contribution >= 0.6 is 0 Å². The maximum absolute atomic E-state index is 9.61. The van der Waals surface area contributed by atoms with Crippen LogP contribution < -0.4 is 4.90 Å². The van der Waals surface area contributed by atoms with E-state index in [1.54, 1.807) is 0 Å². The molecule has 1 heterocycles. The van der Waals surface area contributed by atoms with Gasteiger partial charge in [-0.25, -0.2) is 0 Å². The Balaban J connectivity index is 2.08. The average molecular weight is 302 g/mol. The highest BCUT2D eigenvalue weighted by Crippen LogP contribution is 2.32. The van der Waals surface area contributed by atoms with Crippen molar-refractivity contribution < 1.29 is 5.11 Å². The Kier molecular flexibility index (Phi) is 5.30. The molecule has 1 saturated heterocycles. The fraction of sp³-hybridized carbons (Fsp3) is 0.579. The maximum Gasteiger partial charge on any atom is 0.0564 e. The molecule has 0 bridgehead atoms. The van der Waals surface area contributed by atoms with Crippen LogP contribution in [-0.2, 0) is 5.41 Å². The lowest BCUT2D eigenvalue weighted by atomic mass is 9.85. The van der Waals surface area contributed by atoms with E-state index in [4.69, 9.17) is 0 Å². The number of aliphatic hydroxyl groups excluding tert-OH is 1. The predicted molar refractivity (Wildman–Crippen MR) is 94.4 cm³/mol. The van der Waals surface area contributed by atoms with Crippen LogP contribution in [0.15, 0.2) is 36.5 Å². The number of rotatable bonds is 4. The average Bonchev–Trinajstić information content (AvgIpc) is 2.48. The zero-order valence-electron chi connectivity index (χ0n) is 14.5. The molecule has 122 valence electrons. The van der Waals surface area contributed by atoms with Gasteiger partial charge < -0.3 is 10.0 Å². The molecule has 1 fully saturated rings. The largest absolute Gasteiger partial charge is 0.393 e. The summed E-state index contributed by atoms with van der Waals surface area (Å²) in [6, 6.07) is 8.57. The molecule has 0 saturated carbocycles. The van der Waals surface area contributed by atoms with Gasteiger partial charge in [0.15, 0.2) is 0 Å². The smallest absolute Gasteiger partial charge is 0.0564 e. The van der Waals surface area contributed by atoms with Gasteiger partial charge in [-0.05, 0) is 29.9 Å². The summed E-state index contributed by atoms with van der Waals surface area (Å²) in [6.07, 6.45) is 1.62. The third kappa shape index (κ3) is 4.11. The van der Waals surface area contributed by atoms with Crippen molar-refractivity contribution in [1.82, 2.24) is 4.90 Å². The van der Waals surface area contributed by atoms with Gasteiger partial charge in [0, 0.05) is 38.1 Å². The molecule has 3 heteroatoms. The minimum Gasteiger partial charge on any atom is -0.393 e. The first-order valence-electron chi connectivity index (χ1n) is 8.20. The van der Waals surface area contributed by atoms with E-state index in [1.165, 1.54) is 11.3 Å². The van der Waals surface area contributed by atoms with Gasteiger partial charge in [0.05, 0.1) is 6.10 Å². The fourth-order valence-corrected chi connectivity index (χ4v) is 3.01. The van der Waals surface area contributed by atoms with E-state index in [0.29, 0.717) is 0 Å². The van der Waals surface area contributed by atoms with Crippen LogP contribution in [0.3, 0.4) is 0 Å². The summed E-state index contributed by atoms with van der Waals surface area (Å²) in [5.74, 6) is 0. The maximum atomic E-state index is 9.61. The molecular weight excluding hydrogens is 272 g/mol. The van der Waals surface area contributed by atoms with E-state index in [2.05, 4.69) is 68.5 Å². The fourth-order valence-electron chi connectivity index (χ4n) is 3.01. The highest BCUT2D eigenvalue weighted by atomic mass is 16.3. The van der Waals surface area contributed by atoms with Gasteiger partial charge in [-0.1, -0.05) is 45.5 Å². The van der Waals surface area contributed by atoms with Crippen LogP contribution in [0.1, 0.15) is 39.2 Å². The molecule has 0 amide bonds. The van der Waals surface area contributed by atoms with E-state index < -0.39 is 0 Å². The number of anilines is 1. The van der Waals surface area contributed by atoms with Crippen molar-refractivity contribution in [2.45, 2.75) is 45.1 Å². The van der Waals surface area contributed by atoms with Gasteiger partial charge in [-0.2, -0.15) is 0 Å². The number of likely N-dealkylation sites (tertiary alicyclic amines) is 1. The van der Waals surface area contributed by atoms with E-state index >= 15 is 0 Å². The summed E-state index contributed by atoms with van der Waals surface area (Å²) in [5, 5.41) is 9.61. The number of nitrogens with zero attached hydrogens (tertiary/aromatic N) is 2. The quantitative estimate of drug-likeness (QED) is 0.923. The number of hydrogen-bond donors (Lipinski definition) is 1. The second-order valence-corrected chi connectivity index (χ2v) is 7.40. The van der Waals surface area contributed by atoms with Crippen molar-refractivity contribution in [1.29, 1.82) is 0 Å². The predicted octanol–water partition coefficient (Wildman–Crippen LogP) is 3.39. The first-order valence-corrected chi connectivity index (χ1v) is 8.20. The van der Waals surface area contributed by atoms with E-state index in [-0.39, 0.29) is 11.5 Å². The second-order valence-electron chi connectivity index (χ2n) is 7.40. The number of piperidine rings is 1. The molecule has 0 aromatic heterocycles. The third-order valence-corrected chi connectivity index (χ3v) is 4.51. The van der Waals surface area contributed by atoms with Gasteiger partial charge in [0.2, 0.25) is 0 Å². The number of para-hydroxylation sites is 1. The van der Waals surface area contributed by atoms with Crippen LogP contribution in [-0.4, -0.2) is 42.8 Å². The van der Waals surface area contributed by atoms with Crippen molar-refractivity contribution >= 4 is 5.69 Å². The lowest BCUT2D eigenvalue weighted by Gasteiger charge is -2.34. The van der Waals surface area contributed by atoms with E-state index in [0.717, 1.165) is 38.2 Å². The number of aliphatic hydroxyl groups is 1. The summed E-state index contributed by atoms with van der Waals surface area (Å²) >= 11 is 0. The molecule has 1 aliphatic heterocycles. The van der Waals surface area contributed by atoms with E-state index in [1.807, 2.05) is 0 Å². The lowest BCUT2D eigenvalue weighted by molar-refractivity contribution is 0.0867. The van der Waals surface area contributed by atoms with E-state index in [9.17, 15) is 5.11 Å². The van der Waals surface area contributed by atoms with Gasteiger partial charge in [0.1, 0.15) is 0 Å². The van der Waals surface area contributed by atoms with Gasteiger partial charge >= 0.3 is 0 Å². The molecule has 0 spiro atoms. The molecule has 1 aliphatic rings. The van der Waals surface area contributed by atoms with Gasteiger partial charge in [-0.15, -0.1) is 0 Å². The molecule has 1 aromatic rings. The van der Waals surface area contributed by atoms with Crippen LogP contribution in [0.2, 0.25) is 0 Å². The lowest BCUT2D eigenvalue weighted by Crippen LogP contribution is -2.39. The van der Waals surface area contributed by atoms with Crippen LogP contribution in [0, 0.1) is 0 Å². The Labute approximate surface area is 135 Å². The van der Waals surface area contributed by atoms with Crippen molar-refractivity contribution in [2.24, 2.45) is 0 Å². The molecular formula is C19H30N2O. The topological polar surface area (TPSA) is 26.7 Å². The number of hydrogen-bond acceptors (Lipinski definition) is 3. The van der Waals surface area contributed by atoms with Gasteiger partial charge in [0.25, 0.3) is 0 Å². The first kappa shape index (κ1) is 17.0. The molecule has 0 radical (unpaired) electrons. The number of likely N-dealkylation sites (N-methyl/N-ethyl adjacent to an activating group) is 1. The Bertz CT molecular complexity index is 510. The van der Waals surface area contributed by atoms with Crippen molar-refractivity contribution in [3.8, 4) is 0 Å². The van der Waals surface area contributed by atoms with Gasteiger partial charge in [-0.3, -0.25) is 4.90 Å². The molecule has 0 aliphatic carbocycles. The molecule has 0 atom stereocenters. The number of benzene rings is 1. The monoisotopic (exact) mass is 302 g/mol. The van der Waals surface area contributed by atoms with Crippen molar-refractivity contribution in [3.63, 3.8) is 0 Å². The normalized spacial score (nSPS) is 17.5. The first-order chi connectivity index (χ1) is 10.3. The standard InChI is InChI=1S/C19H30N2O/c1-15(14-21-12-10-16(22)11-13-21)20(5)18-9-7-6-8-17(18)19(2,3)4/h6-9,16,22H,1,10-14H2,2-5H3. The van der Waals surface area contributed by atoms with Crippen molar-refractivity contribution in [3.05, 3.63) is 42.1 Å². The molecule has 2 rings (SSSR count). The molecule has 0 unspecified atom stereocenters. The summed E-state index contributed by atoms with van der Waals surface area (Å²) in [6.45, 7) is 13.8. The van der Waals surface area contributed by atoms with Crippen molar-refractivity contribution in [2.75, 3.05) is 31.6 Å². The zero-order valence-corrected chi connectivity index (χ0v) is 14.5. The highest BCUT2D eigenvalue weighted by Gasteiger charge is 2.22. The molecule has 1 N–H and O–H groups in total. The molecule has 22 heavy (non-hydrogen) atoms. The Hall–Kier alpha value is -1.32. The summed E-state index contributed by atoms with van der Waals surface area (Å²) in [4.78, 5) is 4.59. The Morgan fingerprint density at radius 3 is 2.45 bits per heavy atom. The molecule has 3 nitrogen and oxygen atoms in total. The third-order valence-electron chi connectivity index (χ3n) is 4.51. The zero-order chi connectivity index (χ0) is 16.3. The second kappa shape index (κ2) is 6.84. The Morgan fingerprint density at radius 2 is 1.86 bits per heavy atom. The SMILES string of the molecule is C=C(CN1CCC(O)CC1)N(C)c1ccccc1C(C)(C)C. The summed E-state index contributed by atoms with van der Waals surface area (Å²) in [7, 11) is 2.10. The summed E-state index contributed by atoms with van der Waals surface area (Å²) < 4.78 is 0. The van der Waals surface area contributed by atoms with Crippen LogP contribution in [0.4, 0.5) is 5.69 Å². The van der Waals surface area contributed by atoms with Crippen LogP contribution in [0.25, 0.3) is 0 Å². The van der Waals surface area contributed by atoms with Crippen LogP contribution in [0.5, 0.6) is 0 Å². The minimum absolute atomic E-state index is 0.111.